The van der Waals surface area contributed by atoms with Gasteiger partial charge in [-0.15, -0.1) is 0 Å². The maximum absolute atomic E-state index is 12.4. The molecule has 0 atom stereocenters. The van der Waals surface area contributed by atoms with Gasteiger partial charge in [-0.05, 0) is 44.0 Å². The molecule has 0 heterocycles. The Bertz CT molecular complexity index is 388. The summed E-state index contributed by atoms with van der Waals surface area (Å²) in [6.07, 6.45) is -1.05. The topological polar surface area (TPSA) is 21.3 Å². The number of halogens is 3. The van der Waals surface area contributed by atoms with Crippen LogP contribution in [0.1, 0.15) is 24.8 Å². The van der Waals surface area contributed by atoms with Gasteiger partial charge in [-0.2, -0.15) is 13.2 Å². The molecule has 1 saturated carbocycles. The van der Waals surface area contributed by atoms with Gasteiger partial charge < -0.3 is 10.1 Å². The largest absolute Gasteiger partial charge is 0.494 e. The molecule has 0 aromatic heterocycles. The van der Waals surface area contributed by atoms with E-state index in [0.717, 1.165) is 25.1 Å². The number of benzene rings is 1. The van der Waals surface area contributed by atoms with E-state index in [4.69, 9.17) is 4.74 Å². The van der Waals surface area contributed by atoms with Crippen molar-refractivity contribution in [3.05, 3.63) is 29.8 Å². The lowest BCUT2D eigenvalue weighted by molar-refractivity contribution is -0.137. The smallest absolute Gasteiger partial charge is 0.416 e. The standard InChI is InChI=1S/C13H16F3NO/c14-13(15,16)10-3-1-4-12(9-10)18-8-2-7-17-11-5-6-11/h1,3-4,9,11,17H,2,5-8H2. The lowest BCUT2D eigenvalue weighted by Gasteiger charge is -2.10. The van der Waals surface area contributed by atoms with Crippen LogP contribution in [0.5, 0.6) is 5.75 Å². The Labute approximate surface area is 104 Å². The zero-order valence-corrected chi connectivity index (χ0v) is 9.96. The molecule has 0 saturated heterocycles. The van der Waals surface area contributed by atoms with Crippen LogP contribution >= 0.6 is 0 Å². The average Bonchev–Trinajstić information content (AvgIpc) is 3.12. The Morgan fingerprint density at radius 3 is 2.72 bits per heavy atom. The van der Waals surface area contributed by atoms with Crippen LogP contribution in [0.4, 0.5) is 13.2 Å². The lowest BCUT2D eigenvalue weighted by atomic mass is 10.2. The van der Waals surface area contributed by atoms with E-state index in [1.807, 2.05) is 0 Å². The van der Waals surface area contributed by atoms with E-state index < -0.39 is 11.7 Å². The third-order valence-corrected chi connectivity index (χ3v) is 2.76. The molecule has 1 aliphatic rings. The fraction of sp³-hybridized carbons (Fsp3) is 0.538. The quantitative estimate of drug-likeness (QED) is 0.792. The van der Waals surface area contributed by atoms with Gasteiger partial charge in [0.1, 0.15) is 5.75 Å². The lowest BCUT2D eigenvalue weighted by Crippen LogP contribution is -2.19. The number of ether oxygens (including phenoxy) is 1. The maximum atomic E-state index is 12.4. The molecule has 1 aliphatic carbocycles. The van der Waals surface area contributed by atoms with E-state index in [-0.39, 0.29) is 5.75 Å². The molecular formula is C13H16F3NO. The van der Waals surface area contributed by atoms with Crippen LogP contribution in [0.15, 0.2) is 24.3 Å². The molecular weight excluding hydrogens is 243 g/mol. The molecule has 0 aliphatic heterocycles. The molecule has 0 amide bonds. The number of nitrogens with one attached hydrogen (secondary N) is 1. The van der Waals surface area contributed by atoms with Crippen molar-refractivity contribution in [2.75, 3.05) is 13.2 Å². The molecule has 1 aromatic rings. The second kappa shape index (κ2) is 5.61. The first-order chi connectivity index (χ1) is 8.55. The molecule has 2 rings (SSSR count). The highest BCUT2D eigenvalue weighted by Gasteiger charge is 2.30. The first-order valence-corrected chi connectivity index (χ1v) is 6.09. The summed E-state index contributed by atoms with van der Waals surface area (Å²) in [6.45, 7) is 1.28. The summed E-state index contributed by atoms with van der Waals surface area (Å²) in [7, 11) is 0. The second-order valence-electron chi connectivity index (χ2n) is 4.46. The Morgan fingerprint density at radius 1 is 1.28 bits per heavy atom. The van der Waals surface area contributed by atoms with Crippen LogP contribution in [0.25, 0.3) is 0 Å². The number of rotatable bonds is 6. The fourth-order valence-electron chi connectivity index (χ4n) is 1.62. The van der Waals surface area contributed by atoms with E-state index >= 15 is 0 Å². The van der Waals surface area contributed by atoms with E-state index in [9.17, 15) is 13.2 Å². The summed E-state index contributed by atoms with van der Waals surface area (Å²) in [5.41, 5.74) is -0.670. The van der Waals surface area contributed by atoms with Crippen LogP contribution in [0.3, 0.4) is 0 Å². The molecule has 0 radical (unpaired) electrons. The van der Waals surface area contributed by atoms with Gasteiger partial charge in [0, 0.05) is 6.04 Å². The van der Waals surface area contributed by atoms with Gasteiger partial charge in [-0.1, -0.05) is 6.07 Å². The monoisotopic (exact) mass is 259 g/mol. The summed E-state index contributed by atoms with van der Waals surface area (Å²) in [5, 5.41) is 3.32. The number of hydrogen-bond acceptors (Lipinski definition) is 2. The predicted molar refractivity (Wildman–Crippen MR) is 62.6 cm³/mol. The van der Waals surface area contributed by atoms with Crippen LogP contribution in [-0.2, 0) is 6.18 Å². The molecule has 1 aromatic carbocycles. The zero-order chi connectivity index (χ0) is 13.0. The van der Waals surface area contributed by atoms with Gasteiger partial charge in [0.25, 0.3) is 0 Å². The van der Waals surface area contributed by atoms with Gasteiger partial charge >= 0.3 is 6.18 Å². The zero-order valence-electron chi connectivity index (χ0n) is 9.96. The normalized spacial score (nSPS) is 15.7. The summed E-state index contributed by atoms with van der Waals surface area (Å²) < 4.78 is 42.6. The average molecular weight is 259 g/mol. The van der Waals surface area contributed by atoms with Crippen molar-refractivity contribution in [3.63, 3.8) is 0 Å². The Hall–Kier alpha value is -1.23. The van der Waals surface area contributed by atoms with Crippen molar-refractivity contribution >= 4 is 0 Å². The SMILES string of the molecule is FC(F)(F)c1cccc(OCCCNC2CC2)c1. The van der Waals surface area contributed by atoms with Crippen molar-refractivity contribution in [3.8, 4) is 5.75 Å². The Kier molecular flexibility index (Phi) is 4.11. The van der Waals surface area contributed by atoms with Gasteiger partial charge in [0.2, 0.25) is 0 Å². The van der Waals surface area contributed by atoms with Crippen LogP contribution in [-0.4, -0.2) is 19.2 Å². The van der Waals surface area contributed by atoms with Crippen molar-refractivity contribution in [2.45, 2.75) is 31.5 Å². The minimum atomic E-state index is -4.31. The first-order valence-electron chi connectivity index (χ1n) is 6.09. The molecule has 1 N–H and O–H groups in total. The van der Waals surface area contributed by atoms with Crippen LogP contribution in [0, 0.1) is 0 Å². The van der Waals surface area contributed by atoms with Gasteiger partial charge in [-0.3, -0.25) is 0 Å². The molecule has 0 unspecified atom stereocenters. The van der Waals surface area contributed by atoms with Crippen LogP contribution < -0.4 is 10.1 Å². The first kappa shape index (κ1) is 13.2. The molecule has 18 heavy (non-hydrogen) atoms. The highest BCUT2D eigenvalue weighted by molar-refractivity contribution is 5.30. The molecule has 2 nitrogen and oxygen atoms in total. The maximum Gasteiger partial charge on any atom is 0.416 e. The molecule has 5 heteroatoms. The Balaban J connectivity index is 1.74. The minimum absolute atomic E-state index is 0.274. The summed E-state index contributed by atoms with van der Waals surface area (Å²) in [5.74, 6) is 0.274. The third kappa shape index (κ3) is 4.22. The molecule has 1 fully saturated rings. The number of hydrogen-bond donors (Lipinski definition) is 1. The van der Waals surface area contributed by atoms with E-state index in [1.54, 1.807) is 6.07 Å². The van der Waals surface area contributed by atoms with E-state index in [1.165, 1.54) is 18.9 Å². The second-order valence-corrected chi connectivity index (χ2v) is 4.46. The van der Waals surface area contributed by atoms with Crippen molar-refractivity contribution in [1.29, 1.82) is 0 Å². The van der Waals surface area contributed by atoms with E-state index in [0.29, 0.717) is 12.6 Å². The molecule has 100 valence electrons. The van der Waals surface area contributed by atoms with Crippen LogP contribution in [0.2, 0.25) is 0 Å². The van der Waals surface area contributed by atoms with E-state index in [2.05, 4.69) is 5.32 Å². The van der Waals surface area contributed by atoms with Gasteiger partial charge in [0.05, 0.1) is 12.2 Å². The fourth-order valence-corrected chi connectivity index (χ4v) is 1.62. The summed E-state index contributed by atoms with van der Waals surface area (Å²) >= 11 is 0. The Morgan fingerprint density at radius 2 is 2.06 bits per heavy atom. The highest BCUT2D eigenvalue weighted by atomic mass is 19.4. The minimum Gasteiger partial charge on any atom is -0.494 e. The molecule has 0 bridgehead atoms. The predicted octanol–water partition coefficient (Wildman–Crippen LogP) is 3.23. The van der Waals surface area contributed by atoms with Crippen molar-refractivity contribution in [2.24, 2.45) is 0 Å². The summed E-state index contributed by atoms with van der Waals surface area (Å²) in [6, 6.07) is 5.64. The van der Waals surface area contributed by atoms with Gasteiger partial charge in [0.15, 0.2) is 0 Å². The summed E-state index contributed by atoms with van der Waals surface area (Å²) in [4.78, 5) is 0. The third-order valence-electron chi connectivity index (χ3n) is 2.76. The molecule has 0 spiro atoms. The number of alkyl halides is 3. The van der Waals surface area contributed by atoms with Gasteiger partial charge in [-0.25, -0.2) is 0 Å². The van der Waals surface area contributed by atoms with Crippen molar-refractivity contribution < 1.29 is 17.9 Å². The van der Waals surface area contributed by atoms with Crippen molar-refractivity contribution in [1.82, 2.24) is 5.32 Å². The highest BCUT2D eigenvalue weighted by Crippen LogP contribution is 2.31.